The minimum absolute atomic E-state index is 0.562. The van der Waals surface area contributed by atoms with E-state index in [1.54, 1.807) is 17.7 Å². The van der Waals surface area contributed by atoms with Gasteiger partial charge in [0.1, 0.15) is 6.33 Å². The van der Waals surface area contributed by atoms with E-state index in [1.807, 2.05) is 30.6 Å². The van der Waals surface area contributed by atoms with Crippen LogP contribution in [0.15, 0.2) is 42.0 Å². The number of benzene rings is 1. The lowest BCUT2D eigenvalue weighted by atomic mass is 10.2. The summed E-state index contributed by atoms with van der Waals surface area (Å²) < 4.78 is 1.10. The van der Waals surface area contributed by atoms with Gasteiger partial charge >= 0.3 is 0 Å². The van der Waals surface area contributed by atoms with E-state index in [1.165, 1.54) is 0 Å². The molecule has 0 saturated heterocycles. The summed E-state index contributed by atoms with van der Waals surface area (Å²) in [5, 5.41) is 2.04. The Labute approximate surface area is 115 Å². The molecule has 96 valence electrons. The van der Waals surface area contributed by atoms with Crippen molar-refractivity contribution in [1.29, 1.82) is 0 Å². The first-order valence-electron chi connectivity index (χ1n) is 6.00. The van der Waals surface area contributed by atoms with Crippen LogP contribution in [0.2, 0.25) is 0 Å². The van der Waals surface area contributed by atoms with Gasteiger partial charge in [-0.05, 0) is 29.1 Å². The molecular formula is C14H14N4S. The van der Waals surface area contributed by atoms with Crippen LogP contribution in [0.4, 0.5) is 11.5 Å². The Morgan fingerprint density at radius 1 is 1.16 bits per heavy atom. The standard InChI is InChI=1S/C14H14N4S/c1-18(11-4-2-10(8-15)3-5-11)14-13-12(6-7-19-13)16-9-17-14/h2-7,9H,8,15H2,1H3. The molecule has 5 heteroatoms. The van der Waals surface area contributed by atoms with Crippen molar-refractivity contribution in [2.45, 2.75) is 6.54 Å². The second kappa shape index (κ2) is 4.95. The van der Waals surface area contributed by atoms with E-state index in [-0.39, 0.29) is 0 Å². The predicted octanol–water partition coefficient (Wildman–Crippen LogP) is 2.92. The Kier molecular flexibility index (Phi) is 3.15. The van der Waals surface area contributed by atoms with Crippen molar-refractivity contribution < 1.29 is 0 Å². The highest BCUT2D eigenvalue weighted by molar-refractivity contribution is 7.17. The fourth-order valence-corrected chi connectivity index (χ4v) is 2.86. The predicted molar refractivity (Wildman–Crippen MR) is 79.8 cm³/mol. The molecule has 0 fully saturated rings. The fraction of sp³-hybridized carbons (Fsp3) is 0.143. The van der Waals surface area contributed by atoms with E-state index in [0.717, 1.165) is 27.3 Å². The SMILES string of the molecule is CN(c1ccc(CN)cc1)c1ncnc2ccsc12. The summed E-state index contributed by atoms with van der Waals surface area (Å²) >= 11 is 1.66. The largest absolute Gasteiger partial charge is 0.328 e. The molecule has 2 N–H and O–H groups in total. The van der Waals surface area contributed by atoms with Crippen molar-refractivity contribution in [3.63, 3.8) is 0 Å². The van der Waals surface area contributed by atoms with E-state index < -0.39 is 0 Å². The molecule has 0 aliphatic carbocycles. The van der Waals surface area contributed by atoms with E-state index in [9.17, 15) is 0 Å². The van der Waals surface area contributed by atoms with Gasteiger partial charge in [0.05, 0.1) is 10.2 Å². The average Bonchev–Trinajstić information content (AvgIpc) is 2.95. The average molecular weight is 270 g/mol. The van der Waals surface area contributed by atoms with Crippen LogP contribution >= 0.6 is 11.3 Å². The lowest BCUT2D eigenvalue weighted by Crippen LogP contribution is -2.11. The highest BCUT2D eigenvalue weighted by atomic mass is 32.1. The van der Waals surface area contributed by atoms with Gasteiger partial charge < -0.3 is 10.6 Å². The monoisotopic (exact) mass is 270 g/mol. The topological polar surface area (TPSA) is 55.0 Å². The van der Waals surface area contributed by atoms with E-state index in [0.29, 0.717) is 6.54 Å². The summed E-state index contributed by atoms with van der Waals surface area (Å²) in [4.78, 5) is 10.7. The molecule has 0 spiro atoms. The number of nitrogens with two attached hydrogens (primary N) is 1. The molecule has 3 rings (SSSR count). The molecule has 2 heterocycles. The summed E-state index contributed by atoms with van der Waals surface area (Å²) in [6.45, 7) is 0.562. The van der Waals surface area contributed by atoms with Crippen LogP contribution in [0.25, 0.3) is 10.2 Å². The maximum absolute atomic E-state index is 5.62. The molecule has 1 aromatic carbocycles. The Morgan fingerprint density at radius 3 is 2.68 bits per heavy atom. The van der Waals surface area contributed by atoms with Crippen molar-refractivity contribution in [3.8, 4) is 0 Å². The van der Waals surface area contributed by atoms with Gasteiger partial charge in [0, 0.05) is 19.3 Å². The zero-order valence-corrected chi connectivity index (χ0v) is 11.4. The first kappa shape index (κ1) is 12.1. The Morgan fingerprint density at radius 2 is 1.95 bits per heavy atom. The van der Waals surface area contributed by atoms with Crippen LogP contribution in [0.1, 0.15) is 5.56 Å². The molecule has 0 amide bonds. The number of fused-ring (bicyclic) bond motifs is 1. The normalized spacial score (nSPS) is 10.8. The minimum Gasteiger partial charge on any atom is -0.328 e. The molecule has 0 aliphatic heterocycles. The van der Waals surface area contributed by atoms with Gasteiger partial charge in [0.2, 0.25) is 0 Å². The van der Waals surface area contributed by atoms with Crippen LogP contribution < -0.4 is 10.6 Å². The summed E-state index contributed by atoms with van der Waals surface area (Å²) in [5.41, 5.74) is 8.82. The van der Waals surface area contributed by atoms with Crippen molar-refractivity contribution >= 4 is 33.1 Å². The third kappa shape index (κ3) is 2.18. The van der Waals surface area contributed by atoms with Crippen molar-refractivity contribution in [1.82, 2.24) is 9.97 Å². The molecule has 3 aromatic rings. The first-order chi connectivity index (χ1) is 9.29. The van der Waals surface area contributed by atoms with Crippen LogP contribution in [-0.2, 0) is 6.54 Å². The molecule has 0 unspecified atom stereocenters. The number of hydrogen-bond acceptors (Lipinski definition) is 5. The molecular weight excluding hydrogens is 256 g/mol. The van der Waals surface area contributed by atoms with Gasteiger partial charge in [0.25, 0.3) is 0 Å². The molecule has 0 radical (unpaired) electrons. The molecule has 0 saturated carbocycles. The number of hydrogen-bond donors (Lipinski definition) is 1. The molecule has 0 aliphatic rings. The minimum atomic E-state index is 0.562. The highest BCUT2D eigenvalue weighted by Crippen LogP contribution is 2.31. The van der Waals surface area contributed by atoms with Gasteiger partial charge in [-0.15, -0.1) is 11.3 Å². The third-order valence-corrected chi connectivity index (χ3v) is 4.00. The van der Waals surface area contributed by atoms with Gasteiger partial charge in [-0.1, -0.05) is 12.1 Å². The van der Waals surface area contributed by atoms with E-state index in [2.05, 4.69) is 27.0 Å². The van der Waals surface area contributed by atoms with Crippen molar-refractivity contribution in [3.05, 3.63) is 47.6 Å². The van der Waals surface area contributed by atoms with Crippen LogP contribution in [0, 0.1) is 0 Å². The number of nitrogens with zero attached hydrogens (tertiary/aromatic N) is 3. The quantitative estimate of drug-likeness (QED) is 0.795. The smallest absolute Gasteiger partial charge is 0.154 e. The lowest BCUT2D eigenvalue weighted by molar-refractivity contribution is 1.06. The Hall–Kier alpha value is -1.98. The Balaban J connectivity index is 2.02. The van der Waals surface area contributed by atoms with Crippen LogP contribution in [0.3, 0.4) is 0 Å². The van der Waals surface area contributed by atoms with Crippen LogP contribution in [0.5, 0.6) is 0 Å². The summed E-state index contributed by atoms with van der Waals surface area (Å²) in [5.74, 6) is 0.931. The summed E-state index contributed by atoms with van der Waals surface area (Å²) in [6, 6.07) is 10.2. The molecule has 0 atom stereocenters. The maximum atomic E-state index is 5.62. The lowest BCUT2D eigenvalue weighted by Gasteiger charge is -2.18. The zero-order valence-electron chi connectivity index (χ0n) is 10.6. The number of anilines is 2. The van der Waals surface area contributed by atoms with Crippen LogP contribution in [-0.4, -0.2) is 17.0 Å². The second-order valence-corrected chi connectivity index (χ2v) is 5.18. The fourth-order valence-electron chi connectivity index (χ4n) is 1.99. The Bertz CT molecular complexity index is 690. The molecule has 0 bridgehead atoms. The number of rotatable bonds is 3. The summed E-state index contributed by atoms with van der Waals surface area (Å²) in [6.07, 6.45) is 1.61. The van der Waals surface area contributed by atoms with Gasteiger partial charge in [-0.25, -0.2) is 9.97 Å². The van der Waals surface area contributed by atoms with Crippen molar-refractivity contribution in [2.75, 3.05) is 11.9 Å². The van der Waals surface area contributed by atoms with Gasteiger partial charge in [-0.3, -0.25) is 0 Å². The zero-order chi connectivity index (χ0) is 13.2. The third-order valence-electron chi connectivity index (χ3n) is 3.10. The van der Waals surface area contributed by atoms with Gasteiger partial charge in [0.15, 0.2) is 5.82 Å². The van der Waals surface area contributed by atoms with Gasteiger partial charge in [-0.2, -0.15) is 0 Å². The van der Waals surface area contributed by atoms with Crippen molar-refractivity contribution in [2.24, 2.45) is 5.73 Å². The molecule has 19 heavy (non-hydrogen) atoms. The molecule has 4 nitrogen and oxygen atoms in total. The second-order valence-electron chi connectivity index (χ2n) is 4.26. The molecule has 2 aromatic heterocycles. The number of thiophene rings is 1. The summed E-state index contributed by atoms with van der Waals surface area (Å²) in [7, 11) is 2.01. The highest BCUT2D eigenvalue weighted by Gasteiger charge is 2.11. The van der Waals surface area contributed by atoms with E-state index >= 15 is 0 Å². The number of aromatic nitrogens is 2. The van der Waals surface area contributed by atoms with E-state index in [4.69, 9.17) is 5.73 Å². The maximum Gasteiger partial charge on any atom is 0.154 e. The first-order valence-corrected chi connectivity index (χ1v) is 6.88.